The third-order valence-electron chi connectivity index (χ3n) is 3.75. The third-order valence-corrected chi connectivity index (χ3v) is 3.75. The van der Waals surface area contributed by atoms with Crippen molar-refractivity contribution >= 4 is 5.69 Å². The number of nitrogens with one attached hydrogen (secondary N) is 1. The molecular weight excluding hydrogens is 251 g/mol. The molecule has 0 saturated carbocycles. The van der Waals surface area contributed by atoms with Gasteiger partial charge in [0.05, 0.1) is 0 Å². The average Bonchev–Trinajstić information content (AvgIpc) is 2.44. The first-order chi connectivity index (χ1) is 9.81. The molecule has 3 rings (SSSR count). The first kappa shape index (κ1) is 13.1. The van der Waals surface area contributed by atoms with E-state index >= 15 is 0 Å². The summed E-state index contributed by atoms with van der Waals surface area (Å²) in [7, 11) is 0. The van der Waals surface area contributed by atoms with Gasteiger partial charge in [-0.15, -0.1) is 0 Å². The van der Waals surface area contributed by atoms with Crippen molar-refractivity contribution in [3.8, 4) is 0 Å². The predicted molar refractivity (Wildman–Crippen MR) is 80.3 cm³/mol. The molecular formula is C17H19FN2. The molecule has 1 fully saturated rings. The van der Waals surface area contributed by atoms with E-state index < -0.39 is 0 Å². The van der Waals surface area contributed by atoms with Crippen molar-refractivity contribution in [2.75, 3.05) is 24.5 Å². The molecule has 0 unspecified atom stereocenters. The van der Waals surface area contributed by atoms with Crippen LogP contribution in [0.5, 0.6) is 0 Å². The third kappa shape index (κ3) is 3.17. The van der Waals surface area contributed by atoms with E-state index in [1.807, 2.05) is 18.2 Å². The van der Waals surface area contributed by atoms with E-state index in [1.54, 1.807) is 0 Å². The van der Waals surface area contributed by atoms with Gasteiger partial charge in [0, 0.05) is 37.8 Å². The number of hydrogen-bond acceptors (Lipinski definition) is 2. The van der Waals surface area contributed by atoms with Crippen LogP contribution >= 0.6 is 0 Å². The van der Waals surface area contributed by atoms with Crippen LogP contribution in [0.15, 0.2) is 54.6 Å². The highest BCUT2D eigenvalue weighted by Crippen LogP contribution is 2.20. The van der Waals surface area contributed by atoms with Crippen molar-refractivity contribution in [3.05, 3.63) is 66.0 Å². The number of para-hydroxylation sites is 1. The highest BCUT2D eigenvalue weighted by molar-refractivity contribution is 5.46. The molecule has 1 saturated heterocycles. The first-order valence-corrected chi connectivity index (χ1v) is 7.06. The van der Waals surface area contributed by atoms with Crippen LogP contribution in [0.4, 0.5) is 10.1 Å². The highest BCUT2D eigenvalue weighted by atomic mass is 19.1. The van der Waals surface area contributed by atoms with Crippen molar-refractivity contribution < 1.29 is 4.39 Å². The molecule has 0 spiro atoms. The van der Waals surface area contributed by atoms with Gasteiger partial charge in [0.15, 0.2) is 0 Å². The lowest BCUT2D eigenvalue weighted by molar-refractivity contribution is 0.348. The van der Waals surface area contributed by atoms with Crippen LogP contribution in [-0.2, 0) is 6.54 Å². The van der Waals surface area contributed by atoms with E-state index in [4.69, 9.17) is 0 Å². The molecule has 3 heteroatoms. The van der Waals surface area contributed by atoms with Crippen molar-refractivity contribution in [2.45, 2.75) is 6.54 Å². The fraction of sp³-hybridized carbons (Fsp3) is 0.294. The van der Waals surface area contributed by atoms with Gasteiger partial charge in [-0.05, 0) is 29.8 Å². The van der Waals surface area contributed by atoms with Crippen LogP contribution in [0, 0.1) is 11.7 Å². The van der Waals surface area contributed by atoms with E-state index in [0.717, 1.165) is 31.7 Å². The Labute approximate surface area is 119 Å². The van der Waals surface area contributed by atoms with Crippen molar-refractivity contribution in [2.24, 2.45) is 5.92 Å². The number of benzene rings is 2. The molecule has 1 aliphatic rings. The summed E-state index contributed by atoms with van der Waals surface area (Å²) in [5.41, 5.74) is 2.37. The Morgan fingerprint density at radius 1 is 1.00 bits per heavy atom. The maximum Gasteiger partial charge on any atom is 0.123 e. The topological polar surface area (TPSA) is 15.3 Å². The van der Waals surface area contributed by atoms with E-state index in [1.165, 1.54) is 17.8 Å². The van der Waals surface area contributed by atoms with Gasteiger partial charge in [-0.1, -0.05) is 30.3 Å². The standard InChI is InChI=1S/C17H19FN2/c18-16-8-6-14(7-9-16)12-20(13-15-10-19-11-15)17-4-2-1-3-5-17/h1-9,15,19H,10-13H2. The minimum atomic E-state index is -0.178. The molecule has 1 heterocycles. The van der Waals surface area contributed by atoms with Gasteiger partial charge in [0.1, 0.15) is 5.82 Å². The maximum absolute atomic E-state index is 13.0. The van der Waals surface area contributed by atoms with Crippen LogP contribution in [0.2, 0.25) is 0 Å². The number of hydrogen-bond donors (Lipinski definition) is 1. The smallest absolute Gasteiger partial charge is 0.123 e. The second kappa shape index (κ2) is 6.06. The molecule has 1 N–H and O–H groups in total. The molecule has 20 heavy (non-hydrogen) atoms. The molecule has 2 aromatic carbocycles. The molecule has 104 valence electrons. The fourth-order valence-corrected chi connectivity index (χ4v) is 2.50. The largest absolute Gasteiger partial charge is 0.367 e. The van der Waals surface area contributed by atoms with Crippen LogP contribution in [0.3, 0.4) is 0 Å². The molecule has 2 aromatic rings. The predicted octanol–water partition coefficient (Wildman–Crippen LogP) is 3.05. The Morgan fingerprint density at radius 3 is 2.30 bits per heavy atom. The van der Waals surface area contributed by atoms with Crippen LogP contribution in [0.25, 0.3) is 0 Å². The summed E-state index contributed by atoms with van der Waals surface area (Å²) in [6, 6.07) is 17.2. The van der Waals surface area contributed by atoms with Crippen LogP contribution in [-0.4, -0.2) is 19.6 Å². The SMILES string of the molecule is Fc1ccc(CN(CC2CNC2)c2ccccc2)cc1. The number of rotatable bonds is 5. The number of nitrogens with zero attached hydrogens (tertiary/aromatic N) is 1. The Hall–Kier alpha value is -1.87. The quantitative estimate of drug-likeness (QED) is 0.898. The zero-order chi connectivity index (χ0) is 13.8. The van der Waals surface area contributed by atoms with Gasteiger partial charge >= 0.3 is 0 Å². The zero-order valence-corrected chi connectivity index (χ0v) is 11.4. The second-order valence-electron chi connectivity index (χ2n) is 5.37. The first-order valence-electron chi connectivity index (χ1n) is 7.06. The van der Waals surface area contributed by atoms with Gasteiger partial charge in [0.2, 0.25) is 0 Å². The van der Waals surface area contributed by atoms with E-state index in [0.29, 0.717) is 5.92 Å². The Balaban J connectivity index is 1.75. The number of anilines is 1. The molecule has 2 nitrogen and oxygen atoms in total. The minimum absolute atomic E-state index is 0.178. The second-order valence-corrected chi connectivity index (χ2v) is 5.37. The summed E-state index contributed by atoms with van der Waals surface area (Å²) >= 11 is 0. The van der Waals surface area contributed by atoms with Crippen LogP contribution < -0.4 is 10.2 Å². The highest BCUT2D eigenvalue weighted by Gasteiger charge is 2.20. The molecule has 0 aliphatic carbocycles. The van der Waals surface area contributed by atoms with Gasteiger partial charge in [0.25, 0.3) is 0 Å². The van der Waals surface area contributed by atoms with Gasteiger partial charge in [-0.2, -0.15) is 0 Å². The van der Waals surface area contributed by atoms with Crippen molar-refractivity contribution in [1.82, 2.24) is 5.32 Å². The summed E-state index contributed by atoms with van der Waals surface area (Å²) in [6.07, 6.45) is 0. The molecule has 0 aromatic heterocycles. The summed E-state index contributed by atoms with van der Waals surface area (Å²) in [6.45, 7) is 4.04. The van der Waals surface area contributed by atoms with Gasteiger partial charge in [-0.25, -0.2) is 4.39 Å². The summed E-state index contributed by atoms with van der Waals surface area (Å²) < 4.78 is 13.0. The van der Waals surface area contributed by atoms with E-state index in [9.17, 15) is 4.39 Å². The fourth-order valence-electron chi connectivity index (χ4n) is 2.50. The number of halogens is 1. The summed E-state index contributed by atoms with van der Waals surface area (Å²) in [4.78, 5) is 2.37. The normalized spacial score (nSPS) is 14.8. The Morgan fingerprint density at radius 2 is 1.70 bits per heavy atom. The summed E-state index contributed by atoms with van der Waals surface area (Å²) in [5, 5.41) is 3.31. The molecule has 0 atom stereocenters. The molecule has 0 bridgehead atoms. The van der Waals surface area contributed by atoms with Gasteiger partial charge in [-0.3, -0.25) is 0 Å². The zero-order valence-electron chi connectivity index (χ0n) is 11.4. The van der Waals surface area contributed by atoms with Gasteiger partial charge < -0.3 is 10.2 Å². The minimum Gasteiger partial charge on any atom is -0.367 e. The summed E-state index contributed by atoms with van der Waals surface area (Å²) in [5.74, 6) is 0.527. The monoisotopic (exact) mass is 270 g/mol. The van der Waals surface area contributed by atoms with E-state index in [2.05, 4.69) is 34.5 Å². The maximum atomic E-state index is 13.0. The lowest BCUT2D eigenvalue weighted by Crippen LogP contribution is -2.48. The van der Waals surface area contributed by atoms with Crippen molar-refractivity contribution in [1.29, 1.82) is 0 Å². The Kier molecular flexibility index (Phi) is 3.97. The Bertz CT molecular complexity index is 535. The lowest BCUT2D eigenvalue weighted by atomic mass is 10.0. The van der Waals surface area contributed by atoms with E-state index in [-0.39, 0.29) is 5.82 Å². The van der Waals surface area contributed by atoms with Crippen LogP contribution in [0.1, 0.15) is 5.56 Å². The lowest BCUT2D eigenvalue weighted by Gasteiger charge is -2.34. The molecule has 0 radical (unpaired) electrons. The molecule has 1 aliphatic heterocycles. The van der Waals surface area contributed by atoms with Crippen molar-refractivity contribution in [3.63, 3.8) is 0 Å². The molecule has 0 amide bonds. The average molecular weight is 270 g/mol.